The molecule has 5 heteroatoms. The highest BCUT2D eigenvalue weighted by molar-refractivity contribution is 7.90. The first kappa shape index (κ1) is 11.5. The fourth-order valence-corrected chi connectivity index (χ4v) is 2.97. The number of rotatable bonds is 5. The van der Waals surface area contributed by atoms with Gasteiger partial charge in [-0.3, -0.25) is 0 Å². The molecule has 0 aliphatic heterocycles. The van der Waals surface area contributed by atoms with Crippen LogP contribution in [0.5, 0.6) is 0 Å². The highest BCUT2D eigenvalue weighted by Crippen LogP contribution is 2.34. The van der Waals surface area contributed by atoms with Crippen LogP contribution in [0.2, 0.25) is 0 Å². The molecule has 0 heterocycles. The summed E-state index contributed by atoms with van der Waals surface area (Å²) < 4.78 is 25.7. The molecule has 4 nitrogen and oxygen atoms in total. The average molecular weight is 216 g/mol. The molecule has 0 aromatic rings. The Labute approximate surface area is 85.4 Å². The summed E-state index contributed by atoms with van der Waals surface area (Å²) in [5.41, 5.74) is 0. The second-order valence-electron chi connectivity index (χ2n) is 3.70. The molecule has 0 amide bonds. The average Bonchev–Trinajstić information content (AvgIpc) is 2.84. The Morgan fingerprint density at radius 3 is 2.57 bits per heavy atom. The van der Waals surface area contributed by atoms with Gasteiger partial charge in [0.05, 0.1) is 6.07 Å². The molecule has 0 saturated heterocycles. The zero-order chi connectivity index (χ0) is 10.8. The molecule has 1 N–H and O–H groups in total. The largest absolute Gasteiger partial charge is 0.228 e. The fourth-order valence-electron chi connectivity index (χ4n) is 1.52. The molecule has 0 aromatic heterocycles. The van der Waals surface area contributed by atoms with Crippen molar-refractivity contribution in [2.75, 3.05) is 0 Å². The van der Waals surface area contributed by atoms with E-state index in [9.17, 15) is 8.42 Å². The second-order valence-corrected chi connectivity index (χ2v) is 5.59. The van der Waals surface area contributed by atoms with Crippen molar-refractivity contribution in [2.45, 2.75) is 44.4 Å². The van der Waals surface area contributed by atoms with E-state index in [2.05, 4.69) is 4.72 Å². The van der Waals surface area contributed by atoms with Crippen molar-refractivity contribution in [3.05, 3.63) is 0 Å². The first-order valence-electron chi connectivity index (χ1n) is 4.95. The van der Waals surface area contributed by atoms with Crippen LogP contribution >= 0.6 is 0 Å². The zero-order valence-electron chi connectivity index (χ0n) is 8.53. The van der Waals surface area contributed by atoms with Crippen molar-refractivity contribution in [1.29, 1.82) is 5.26 Å². The molecule has 1 rings (SSSR count). The first-order chi connectivity index (χ1) is 6.55. The number of sulfonamides is 1. The van der Waals surface area contributed by atoms with E-state index < -0.39 is 15.3 Å². The van der Waals surface area contributed by atoms with Gasteiger partial charge in [-0.15, -0.1) is 0 Å². The molecule has 0 bridgehead atoms. The van der Waals surface area contributed by atoms with Crippen molar-refractivity contribution in [1.82, 2.24) is 4.72 Å². The molecular formula is C9H16N2O2S. The summed E-state index contributed by atoms with van der Waals surface area (Å²) in [5, 5.41) is 7.75. The molecule has 1 saturated carbocycles. The van der Waals surface area contributed by atoms with Gasteiger partial charge in [0, 0.05) is 6.04 Å². The molecular weight excluding hydrogens is 200 g/mol. The Morgan fingerprint density at radius 2 is 2.21 bits per heavy atom. The van der Waals surface area contributed by atoms with E-state index in [0.717, 1.165) is 12.8 Å². The Morgan fingerprint density at radius 1 is 1.57 bits per heavy atom. The maximum atomic E-state index is 11.6. The molecule has 1 aliphatic rings. The number of nitrogens with one attached hydrogen (secondary N) is 1. The van der Waals surface area contributed by atoms with Gasteiger partial charge in [-0.25, -0.2) is 13.1 Å². The van der Waals surface area contributed by atoms with Crippen LogP contribution in [-0.4, -0.2) is 19.7 Å². The molecule has 0 spiro atoms. The normalized spacial score (nSPS) is 28.1. The second kappa shape index (κ2) is 4.28. The summed E-state index contributed by atoms with van der Waals surface area (Å²) in [5.74, 6) is 0.473. The van der Waals surface area contributed by atoms with E-state index in [1.165, 1.54) is 0 Å². The Hall–Kier alpha value is -0.600. The predicted octanol–water partition coefficient (Wildman–Crippen LogP) is 1.01. The van der Waals surface area contributed by atoms with E-state index in [1.54, 1.807) is 6.92 Å². The topological polar surface area (TPSA) is 70.0 Å². The molecule has 1 fully saturated rings. The summed E-state index contributed by atoms with van der Waals surface area (Å²) >= 11 is 0. The van der Waals surface area contributed by atoms with Crippen LogP contribution in [0.15, 0.2) is 0 Å². The third kappa shape index (κ3) is 2.46. The number of nitriles is 1. The minimum absolute atomic E-state index is 0.0763. The van der Waals surface area contributed by atoms with Crippen molar-refractivity contribution in [3.8, 4) is 6.07 Å². The van der Waals surface area contributed by atoms with Crippen LogP contribution in [0.1, 0.15) is 33.1 Å². The third-order valence-electron chi connectivity index (χ3n) is 2.65. The number of nitrogens with zero attached hydrogens (tertiary/aromatic N) is 1. The predicted molar refractivity (Wildman–Crippen MR) is 53.9 cm³/mol. The summed E-state index contributed by atoms with van der Waals surface area (Å²) in [6.07, 6.45) is 2.25. The van der Waals surface area contributed by atoms with Crippen LogP contribution in [-0.2, 0) is 10.0 Å². The molecule has 80 valence electrons. The van der Waals surface area contributed by atoms with Gasteiger partial charge in [0.2, 0.25) is 10.0 Å². The lowest BCUT2D eigenvalue weighted by Gasteiger charge is -2.09. The van der Waals surface area contributed by atoms with E-state index in [0.29, 0.717) is 12.3 Å². The van der Waals surface area contributed by atoms with Gasteiger partial charge in [-0.2, -0.15) is 5.26 Å². The van der Waals surface area contributed by atoms with E-state index >= 15 is 0 Å². The van der Waals surface area contributed by atoms with Crippen LogP contribution in [0.25, 0.3) is 0 Å². The third-order valence-corrected chi connectivity index (χ3v) is 4.47. The van der Waals surface area contributed by atoms with Crippen LogP contribution in [0, 0.1) is 17.2 Å². The maximum absolute atomic E-state index is 11.6. The number of hydrogen-bond acceptors (Lipinski definition) is 3. The SMILES string of the molecule is CCC1CC1NS(=O)(=O)C(C#N)CC. The highest BCUT2D eigenvalue weighted by Gasteiger charge is 2.40. The fraction of sp³-hybridized carbons (Fsp3) is 0.889. The van der Waals surface area contributed by atoms with E-state index in [-0.39, 0.29) is 6.04 Å². The standard InChI is InChI=1S/C9H16N2O2S/c1-3-7-5-9(7)11-14(12,13)8(4-2)6-10/h7-9,11H,3-5H2,1-2H3. The molecule has 14 heavy (non-hydrogen) atoms. The lowest BCUT2D eigenvalue weighted by atomic mass is 10.3. The lowest BCUT2D eigenvalue weighted by Crippen LogP contribution is -2.35. The van der Waals surface area contributed by atoms with E-state index in [4.69, 9.17) is 5.26 Å². The molecule has 3 atom stereocenters. The molecule has 0 radical (unpaired) electrons. The highest BCUT2D eigenvalue weighted by atomic mass is 32.2. The summed E-state index contributed by atoms with van der Waals surface area (Å²) in [4.78, 5) is 0. The lowest BCUT2D eigenvalue weighted by molar-refractivity contribution is 0.567. The zero-order valence-corrected chi connectivity index (χ0v) is 9.34. The van der Waals surface area contributed by atoms with Gasteiger partial charge in [0.25, 0.3) is 0 Å². The van der Waals surface area contributed by atoms with Gasteiger partial charge < -0.3 is 0 Å². The maximum Gasteiger partial charge on any atom is 0.228 e. The van der Waals surface area contributed by atoms with Crippen molar-refractivity contribution in [2.24, 2.45) is 5.92 Å². The van der Waals surface area contributed by atoms with Crippen molar-refractivity contribution in [3.63, 3.8) is 0 Å². The van der Waals surface area contributed by atoms with Crippen molar-refractivity contribution >= 4 is 10.0 Å². The molecule has 3 unspecified atom stereocenters. The Bertz CT molecular complexity index is 331. The van der Waals surface area contributed by atoms with Crippen LogP contribution in [0.4, 0.5) is 0 Å². The van der Waals surface area contributed by atoms with Crippen LogP contribution in [0.3, 0.4) is 0 Å². The van der Waals surface area contributed by atoms with Gasteiger partial charge in [0.15, 0.2) is 5.25 Å². The van der Waals surface area contributed by atoms with Crippen LogP contribution < -0.4 is 4.72 Å². The summed E-state index contributed by atoms with van der Waals surface area (Å²) in [6.45, 7) is 3.75. The molecule has 0 aromatic carbocycles. The Balaban J connectivity index is 2.55. The first-order valence-corrected chi connectivity index (χ1v) is 6.50. The minimum atomic E-state index is -3.41. The van der Waals surface area contributed by atoms with Gasteiger partial charge >= 0.3 is 0 Å². The summed E-state index contributed by atoms with van der Waals surface area (Å²) in [6, 6.07) is 1.88. The summed E-state index contributed by atoms with van der Waals surface area (Å²) in [7, 11) is -3.41. The van der Waals surface area contributed by atoms with Gasteiger partial charge in [-0.1, -0.05) is 20.3 Å². The monoisotopic (exact) mass is 216 g/mol. The Kier molecular flexibility index (Phi) is 3.51. The quantitative estimate of drug-likeness (QED) is 0.745. The minimum Gasteiger partial charge on any atom is -0.211 e. The molecule has 1 aliphatic carbocycles. The van der Waals surface area contributed by atoms with E-state index in [1.807, 2.05) is 13.0 Å². The smallest absolute Gasteiger partial charge is 0.211 e. The van der Waals surface area contributed by atoms with Gasteiger partial charge in [0.1, 0.15) is 0 Å². The van der Waals surface area contributed by atoms with Crippen molar-refractivity contribution < 1.29 is 8.42 Å². The van der Waals surface area contributed by atoms with Gasteiger partial charge in [-0.05, 0) is 18.8 Å². The number of hydrogen-bond donors (Lipinski definition) is 1.